The Morgan fingerprint density at radius 2 is 0.955 bits per heavy atom. The molecule has 0 aliphatic carbocycles. The molecule has 126 valence electrons. The van der Waals surface area contributed by atoms with Crippen LogP contribution < -0.4 is 10.6 Å². The molecular weight excluding hydrogens is 268 g/mol. The van der Waals surface area contributed by atoms with Crippen molar-refractivity contribution in [1.29, 1.82) is 0 Å². The molecule has 2 heteroatoms. The fraction of sp³-hybridized carbons (Fsp3) is 0.700. The molecule has 0 spiro atoms. The van der Waals surface area contributed by atoms with Gasteiger partial charge in [-0.2, -0.15) is 0 Å². The average Bonchev–Trinajstić information content (AvgIpc) is 2.39. The minimum Gasteiger partial charge on any atom is -0.313 e. The molecule has 22 heavy (non-hydrogen) atoms. The summed E-state index contributed by atoms with van der Waals surface area (Å²) in [5.74, 6) is 0. The SMILES string of the molecule is CC(C)(C)CCNCc1ccc(CNCCC(C)(C)C)cc1. The van der Waals surface area contributed by atoms with Gasteiger partial charge in [-0.1, -0.05) is 65.8 Å². The van der Waals surface area contributed by atoms with E-state index in [4.69, 9.17) is 0 Å². The van der Waals surface area contributed by atoms with E-state index in [1.54, 1.807) is 0 Å². The molecule has 0 atom stereocenters. The number of benzene rings is 1. The molecule has 0 aliphatic heterocycles. The predicted molar refractivity (Wildman–Crippen MR) is 98.0 cm³/mol. The molecular formula is C20H36N2. The summed E-state index contributed by atoms with van der Waals surface area (Å²) in [5, 5.41) is 7.06. The highest BCUT2D eigenvalue weighted by atomic mass is 14.9. The van der Waals surface area contributed by atoms with Gasteiger partial charge in [0, 0.05) is 13.1 Å². The topological polar surface area (TPSA) is 24.1 Å². The molecule has 0 bridgehead atoms. The maximum Gasteiger partial charge on any atom is 0.0205 e. The number of rotatable bonds is 8. The molecule has 1 aromatic carbocycles. The van der Waals surface area contributed by atoms with Gasteiger partial charge in [-0.3, -0.25) is 0 Å². The van der Waals surface area contributed by atoms with Gasteiger partial charge >= 0.3 is 0 Å². The zero-order chi connectivity index (χ0) is 16.6. The lowest BCUT2D eigenvalue weighted by atomic mass is 9.92. The maximum absolute atomic E-state index is 3.53. The molecule has 1 rings (SSSR count). The Bertz CT molecular complexity index is 366. The number of hydrogen-bond acceptors (Lipinski definition) is 2. The summed E-state index contributed by atoms with van der Waals surface area (Å²) >= 11 is 0. The van der Waals surface area contributed by atoms with E-state index in [1.807, 2.05) is 0 Å². The van der Waals surface area contributed by atoms with Gasteiger partial charge in [0.1, 0.15) is 0 Å². The van der Waals surface area contributed by atoms with E-state index in [2.05, 4.69) is 76.4 Å². The van der Waals surface area contributed by atoms with Crippen molar-refractivity contribution in [2.24, 2.45) is 10.8 Å². The minimum atomic E-state index is 0.412. The molecule has 0 saturated carbocycles. The lowest BCUT2D eigenvalue weighted by molar-refractivity contribution is 0.366. The van der Waals surface area contributed by atoms with Gasteiger partial charge in [0.2, 0.25) is 0 Å². The zero-order valence-electron chi connectivity index (χ0n) is 15.6. The molecule has 0 heterocycles. The van der Waals surface area contributed by atoms with E-state index in [-0.39, 0.29) is 0 Å². The largest absolute Gasteiger partial charge is 0.313 e. The third kappa shape index (κ3) is 9.97. The van der Waals surface area contributed by atoms with Gasteiger partial charge in [0.25, 0.3) is 0 Å². The molecule has 1 aromatic rings. The van der Waals surface area contributed by atoms with E-state index in [0.717, 1.165) is 26.2 Å². The van der Waals surface area contributed by atoms with Crippen molar-refractivity contribution in [2.45, 2.75) is 67.5 Å². The van der Waals surface area contributed by atoms with Crippen molar-refractivity contribution in [3.63, 3.8) is 0 Å². The van der Waals surface area contributed by atoms with E-state index in [0.29, 0.717) is 10.8 Å². The lowest BCUT2D eigenvalue weighted by Gasteiger charge is -2.18. The quantitative estimate of drug-likeness (QED) is 0.678. The lowest BCUT2D eigenvalue weighted by Crippen LogP contribution is -2.21. The molecule has 2 N–H and O–H groups in total. The summed E-state index contributed by atoms with van der Waals surface area (Å²) in [6.07, 6.45) is 2.42. The summed E-state index contributed by atoms with van der Waals surface area (Å²) in [4.78, 5) is 0. The van der Waals surface area contributed by atoms with E-state index < -0.39 is 0 Å². The zero-order valence-corrected chi connectivity index (χ0v) is 15.6. The molecule has 0 aromatic heterocycles. The van der Waals surface area contributed by atoms with Crippen LogP contribution in [-0.4, -0.2) is 13.1 Å². The second kappa shape index (κ2) is 8.69. The Morgan fingerprint density at radius 3 is 1.23 bits per heavy atom. The van der Waals surface area contributed by atoms with E-state index >= 15 is 0 Å². The first kappa shape index (κ1) is 19.2. The van der Waals surface area contributed by atoms with Gasteiger partial charge in [-0.25, -0.2) is 0 Å². The van der Waals surface area contributed by atoms with Gasteiger partial charge in [-0.15, -0.1) is 0 Å². The fourth-order valence-corrected chi connectivity index (χ4v) is 2.17. The Hall–Kier alpha value is -0.860. The summed E-state index contributed by atoms with van der Waals surface area (Å²) in [6, 6.07) is 8.96. The van der Waals surface area contributed by atoms with Crippen molar-refractivity contribution in [3.05, 3.63) is 35.4 Å². The molecule has 0 aliphatic rings. The number of hydrogen-bond donors (Lipinski definition) is 2. The van der Waals surface area contributed by atoms with Gasteiger partial charge in [0.05, 0.1) is 0 Å². The van der Waals surface area contributed by atoms with Crippen LogP contribution in [0.3, 0.4) is 0 Å². The third-order valence-corrected chi connectivity index (χ3v) is 3.78. The monoisotopic (exact) mass is 304 g/mol. The average molecular weight is 305 g/mol. The van der Waals surface area contributed by atoms with E-state index in [1.165, 1.54) is 24.0 Å². The minimum absolute atomic E-state index is 0.412. The summed E-state index contributed by atoms with van der Waals surface area (Å²) < 4.78 is 0. The van der Waals surface area contributed by atoms with Crippen molar-refractivity contribution < 1.29 is 0 Å². The summed E-state index contributed by atoms with van der Waals surface area (Å²) in [6.45, 7) is 17.8. The van der Waals surface area contributed by atoms with Crippen LogP contribution in [0.4, 0.5) is 0 Å². The van der Waals surface area contributed by atoms with Crippen molar-refractivity contribution >= 4 is 0 Å². The fourth-order valence-electron chi connectivity index (χ4n) is 2.17. The molecule has 0 radical (unpaired) electrons. The van der Waals surface area contributed by atoms with E-state index in [9.17, 15) is 0 Å². The Kier molecular flexibility index (Phi) is 7.58. The van der Waals surface area contributed by atoms with Crippen LogP contribution in [-0.2, 0) is 13.1 Å². The van der Waals surface area contributed by atoms with Crippen LogP contribution in [0.2, 0.25) is 0 Å². The predicted octanol–water partition coefficient (Wildman–Crippen LogP) is 4.74. The summed E-state index contributed by atoms with van der Waals surface area (Å²) in [5.41, 5.74) is 3.56. The third-order valence-electron chi connectivity index (χ3n) is 3.78. The van der Waals surface area contributed by atoms with Crippen LogP contribution in [0.15, 0.2) is 24.3 Å². The maximum atomic E-state index is 3.53. The normalized spacial score (nSPS) is 12.6. The Balaban J connectivity index is 2.22. The molecule has 0 fully saturated rings. The first-order valence-electron chi connectivity index (χ1n) is 8.65. The second-order valence-electron chi connectivity index (χ2n) is 8.79. The van der Waals surface area contributed by atoms with Crippen LogP contribution in [0, 0.1) is 10.8 Å². The molecule has 2 nitrogen and oxygen atoms in total. The highest BCUT2D eigenvalue weighted by Gasteiger charge is 2.09. The summed E-state index contributed by atoms with van der Waals surface area (Å²) in [7, 11) is 0. The molecule has 0 saturated heterocycles. The Morgan fingerprint density at radius 1 is 0.636 bits per heavy atom. The van der Waals surface area contributed by atoms with Gasteiger partial charge in [-0.05, 0) is 47.9 Å². The Labute approximate surface area is 138 Å². The van der Waals surface area contributed by atoms with Crippen LogP contribution in [0.1, 0.15) is 65.5 Å². The van der Waals surface area contributed by atoms with Crippen LogP contribution in [0.5, 0.6) is 0 Å². The second-order valence-corrected chi connectivity index (χ2v) is 8.79. The van der Waals surface area contributed by atoms with Crippen molar-refractivity contribution in [1.82, 2.24) is 10.6 Å². The van der Waals surface area contributed by atoms with Crippen LogP contribution in [0.25, 0.3) is 0 Å². The first-order chi connectivity index (χ1) is 10.2. The highest BCUT2D eigenvalue weighted by Crippen LogP contribution is 2.17. The van der Waals surface area contributed by atoms with Gasteiger partial charge in [0.15, 0.2) is 0 Å². The first-order valence-corrected chi connectivity index (χ1v) is 8.65. The molecule has 0 amide bonds. The van der Waals surface area contributed by atoms with Crippen LogP contribution >= 0.6 is 0 Å². The smallest absolute Gasteiger partial charge is 0.0205 e. The van der Waals surface area contributed by atoms with Crippen molar-refractivity contribution in [2.75, 3.05) is 13.1 Å². The number of nitrogens with one attached hydrogen (secondary N) is 2. The standard InChI is InChI=1S/C20H36N2/c1-19(2,3)11-13-21-15-17-7-9-18(10-8-17)16-22-14-12-20(4,5)6/h7-10,21-22H,11-16H2,1-6H3. The van der Waals surface area contributed by atoms with Crippen molar-refractivity contribution in [3.8, 4) is 0 Å². The highest BCUT2D eigenvalue weighted by molar-refractivity contribution is 5.22. The molecule has 0 unspecified atom stereocenters. The van der Waals surface area contributed by atoms with Gasteiger partial charge < -0.3 is 10.6 Å².